The SMILES string of the molecule is CC(=O)N1CCc2cc(NC(=O)[C@H](C)Oc3ccc(Cl)cc3Cl)ccc21. The molecule has 0 saturated carbocycles. The summed E-state index contributed by atoms with van der Waals surface area (Å²) in [4.78, 5) is 25.7. The predicted molar refractivity (Wildman–Crippen MR) is 103 cm³/mol. The number of carbonyl (C=O) groups excluding carboxylic acids is 2. The first-order chi connectivity index (χ1) is 12.3. The molecule has 0 unspecified atom stereocenters. The van der Waals surface area contributed by atoms with Crippen LogP contribution in [-0.4, -0.2) is 24.5 Å². The molecule has 1 aliphatic rings. The van der Waals surface area contributed by atoms with Crippen molar-refractivity contribution in [3.05, 3.63) is 52.0 Å². The Hall–Kier alpha value is -2.24. The lowest BCUT2D eigenvalue weighted by Gasteiger charge is -2.17. The monoisotopic (exact) mass is 392 g/mol. The van der Waals surface area contributed by atoms with Gasteiger partial charge in [-0.2, -0.15) is 0 Å². The third-order valence-corrected chi connectivity index (χ3v) is 4.72. The highest BCUT2D eigenvalue weighted by Gasteiger charge is 2.23. The van der Waals surface area contributed by atoms with Crippen LogP contribution in [0.5, 0.6) is 5.75 Å². The van der Waals surface area contributed by atoms with Gasteiger partial charge in [-0.15, -0.1) is 0 Å². The van der Waals surface area contributed by atoms with E-state index in [1.807, 2.05) is 12.1 Å². The molecule has 26 heavy (non-hydrogen) atoms. The van der Waals surface area contributed by atoms with Crippen molar-refractivity contribution in [3.63, 3.8) is 0 Å². The number of hydrogen-bond donors (Lipinski definition) is 1. The van der Waals surface area contributed by atoms with Crippen molar-refractivity contribution in [1.82, 2.24) is 0 Å². The maximum Gasteiger partial charge on any atom is 0.265 e. The van der Waals surface area contributed by atoms with Gasteiger partial charge in [0.15, 0.2) is 6.10 Å². The van der Waals surface area contributed by atoms with Crippen molar-refractivity contribution in [2.24, 2.45) is 0 Å². The Kier molecular flexibility index (Phi) is 5.39. The molecular formula is C19H18Cl2N2O3. The summed E-state index contributed by atoms with van der Waals surface area (Å²) in [6.45, 7) is 3.85. The Morgan fingerprint density at radius 1 is 1.19 bits per heavy atom. The van der Waals surface area contributed by atoms with E-state index in [0.717, 1.165) is 17.7 Å². The van der Waals surface area contributed by atoms with Gasteiger partial charge in [-0.25, -0.2) is 0 Å². The van der Waals surface area contributed by atoms with Gasteiger partial charge in [0.2, 0.25) is 5.91 Å². The number of anilines is 2. The smallest absolute Gasteiger partial charge is 0.265 e. The summed E-state index contributed by atoms with van der Waals surface area (Å²) in [5.74, 6) is 0.115. The molecule has 1 aliphatic heterocycles. The van der Waals surface area contributed by atoms with Crippen LogP contribution in [0, 0.1) is 0 Å². The number of carbonyl (C=O) groups is 2. The first kappa shape index (κ1) is 18.5. The van der Waals surface area contributed by atoms with Gasteiger partial charge < -0.3 is 15.0 Å². The Labute approximate surface area is 161 Å². The standard InChI is InChI=1S/C19H18Cl2N2O3/c1-11(26-18-6-3-14(20)10-16(18)21)19(25)22-15-4-5-17-13(9-15)7-8-23(17)12(2)24/h3-6,9-11H,7-8H2,1-2H3,(H,22,25)/t11-/m0/s1. The fraction of sp³-hybridized carbons (Fsp3) is 0.263. The summed E-state index contributed by atoms with van der Waals surface area (Å²) in [5, 5.41) is 3.67. The second-order valence-electron chi connectivity index (χ2n) is 6.09. The highest BCUT2D eigenvalue weighted by molar-refractivity contribution is 6.35. The third-order valence-electron chi connectivity index (χ3n) is 4.19. The van der Waals surface area contributed by atoms with Crippen LogP contribution in [0.3, 0.4) is 0 Å². The van der Waals surface area contributed by atoms with Gasteiger partial charge >= 0.3 is 0 Å². The van der Waals surface area contributed by atoms with E-state index < -0.39 is 6.10 Å². The average Bonchev–Trinajstić information content (AvgIpc) is 3.00. The van der Waals surface area contributed by atoms with Crippen molar-refractivity contribution in [2.75, 3.05) is 16.8 Å². The van der Waals surface area contributed by atoms with E-state index in [0.29, 0.717) is 28.0 Å². The molecule has 2 aromatic rings. The number of fused-ring (bicyclic) bond motifs is 1. The van der Waals surface area contributed by atoms with E-state index in [1.54, 1.807) is 43.0 Å². The number of ether oxygens (including phenoxy) is 1. The predicted octanol–water partition coefficient (Wildman–Crippen LogP) is 4.31. The summed E-state index contributed by atoms with van der Waals surface area (Å²) in [7, 11) is 0. The lowest BCUT2D eigenvalue weighted by atomic mass is 10.1. The molecule has 0 aromatic heterocycles. The van der Waals surface area contributed by atoms with Crippen LogP contribution in [0.15, 0.2) is 36.4 Å². The van der Waals surface area contributed by atoms with Crippen LogP contribution >= 0.6 is 23.2 Å². The van der Waals surface area contributed by atoms with Crippen LogP contribution in [-0.2, 0) is 16.0 Å². The molecule has 0 bridgehead atoms. The van der Waals surface area contributed by atoms with E-state index in [2.05, 4.69) is 5.32 Å². The topological polar surface area (TPSA) is 58.6 Å². The molecular weight excluding hydrogens is 375 g/mol. The van der Waals surface area contributed by atoms with Crippen LogP contribution in [0.2, 0.25) is 10.0 Å². The van der Waals surface area contributed by atoms with Gasteiger partial charge in [-0.05, 0) is 55.3 Å². The molecule has 2 aromatic carbocycles. The quantitative estimate of drug-likeness (QED) is 0.842. The summed E-state index contributed by atoms with van der Waals surface area (Å²) in [6, 6.07) is 10.3. The Morgan fingerprint density at radius 3 is 2.65 bits per heavy atom. The zero-order valence-electron chi connectivity index (χ0n) is 14.4. The number of rotatable bonds is 4. The van der Waals surface area contributed by atoms with E-state index in [-0.39, 0.29) is 11.8 Å². The zero-order chi connectivity index (χ0) is 18.8. The number of hydrogen-bond acceptors (Lipinski definition) is 3. The summed E-state index contributed by atoms with van der Waals surface area (Å²) >= 11 is 11.9. The van der Waals surface area contributed by atoms with Crippen molar-refractivity contribution in [1.29, 1.82) is 0 Å². The molecule has 0 radical (unpaired) electrons. The number of amides is 2. The maximum absolute atomic E-state index is 12.4. The van der Waals surface area contributed by atoms with Crippen molar-refractivity contribution >= 4 is 46.4 Å². The van der Waals surface area contributed by atoms with Crippen molar-refractivity contribution < 1.29 is 14.3 Å². The Morgan fingerprint density at radius 2 is 1.96 bits per heavy atom. The van der Waals surface area contributed by atoms with Gasteiger partial charge in [0.25, 0.3) is 5.91 Å². The van der Waals surface area contributed by atoms with Crippen LogP contribution in [0.1, 0.15) is 19.4 Å². The lowest BCUT2D eigenvalue weighted by Crippen LogP contribution is -2.30. The Bertz CT molecular complexity index is 870. The third kappa shape index (κ3) is 3.94. The highest BCUT2D eigenvalue weighted by atomic mass is 35.5. The molecule has 0 spiro atoms. The molecule has 136 valence electrons. The van der Waals surface area contributed by atoms with Gasteiger partial charge in [0, 0.05) is 29.9 Å². The number of nitrogens with zero attached hydrogens (tertiary/aromatic N) is 1. The van der Waals surface area contributed by atoms with Crippen molar-refractivity contribution in [2.45, 2.75) is 26.4 Å². The fourth-order valence-corrected chi connectivity index (χ4v) is 3.32. The second-order valence-corrected chi connectivity index (χ2v) is 6.93. The molecule has 1 N–H and O–H groups in total. The minimum Gasteiger partial charge on any atom is -0.479 e. The number of nitrogens with one attached hydrogen (secondary N) is 1. The first-order valence-electron chi connectivity index (χ1n) is 8.19. The largest absolute Gasteiger partial charge is 0.479 e. The molecule has 0 saturated heterocycles. The van der Waals surface area contributed by atoms with Gasteiger partial charge in [0.05, 0.1) is 5.02 Å². The van der Waals surface area contributed by atoms with E-state index in [4.69, 9.17) is 27.9 Å². The molecule has 7 heteroatoms. The van der Waals surface area contributed by atoms with E-state index in [9.17, 15) is 9.59 Å². The summed E-state index contributed by atoms with van der Waals surface area (Å²) in [5.41, 5.74) is 2.59. The maximum atomic E-state index is 12.4. The van der Waals surface area contributed by atoms with Gasteiger partial charge in [-0.3, -0.25) is 9.59 Å². The second kappa shape index (κ2) is 7.56. The molecule has 5 nitrogen and oxygen atoms in total. The normalized spacial score (nSPS) is 13.9. The fourth-order valence-electron chi connectivity index (χ4n) is 2.87. The van der Waals surface area contributed by atoms with Gasteiger partial charge in [0.1, 0.15) is 5.75 Å². The number of halogens is 2. The van der Waals surface area contributed by atoms with Gasteiger partial charge in [-0.1, -0.05) is 23.2 Å². The van der Waals surface area contributed by atoms with Crippen molar-refractivity contribution in [3.8, 4) is 5.75 Å². The first-order valence-corrected chi connectivity index (χ1v) is 8.94. The van der Waals surface area contributed by atoms with E-state index >= 15 is 0 Å². The molecule has 0 fully saturated rings. The van der Waals surface area contributed by atoms with Crippen LogP contribution < -0.4 is 15.0 Å². The zero-order valence-corrected chi connectivity index (χ0v) is 15.9. The minimum atomic E-state index is -0.740. The lowest BCUT2D eigenvalue weighted by molar-refractivity contribution is -0.122. The summed E-state index contributed by atoms with van der Waals surface area (Å²) in [6.07, 6.45) is 0.0288. The average molecular weight is 393 g/mol. The molecule has 1 atom stereocenters. The molecule has 3 rings (SSSR count). The van der Waals surface area contributed by atoms with Crippen LogP contribution in [0.4, 0.5) is 11.4 Å². The summed E-state index contributed by atoms with van der Waals surface area (Å²) < 4.78 is 5.62. The Balaban J connectivity index is 1.67. The molecule has 1 heterocycles. The highest BCUT2D eigenvalue weighted by Crippen LogP contribution is 2.31. The molecule has 0 aliphatic carbocycles. The molecule has 2 amide bonds. The van der Waals surface area contributed by atoms with Crippen LogP contribution in [0.25, 0.3) is 0 Å². The van der Waals surface area contributed by atoms with E-state index in [1.165, 1.54) is 0 Å². The number of benzene rings is 2. The minimum absolute atomic E-state index is 0.0161.